The van der Waals surface area contributed by atoms with E-state index in [2.05, 4.69) is 255 Å². The first kappa shape index (κ1) is 37.5. The smallest absolute Gasteiger partial charge is 0.0719 e. The molecule has 0 saturated carbocycles. The van der Waals surface area contributed by atoms with Gasteiger partial charge in [-0.3, -0.25) is 0 Å². The summed E-state index contributed by atoms with van der Waals surface area (Å²) in [5, 5.41) is 7.71. The monoisotopic (exact) mass is 827 g/mol. The Bertz CT molecular complexity index is 3620. The lowest BCUT2D eigenvalue weighted by Crippen LogP contribution is -2.40. The summed E-state index contributed by atoms with van der Waals surface area (Å²) in [6.07, 6.45) is 0. The summed E-state index contributed by atoms with van der Waals surface area (Å²) in [4.78, 5) is 2.40. The van der Waals surface area contributed by atoms with Crippen LogP contribution in [0.2, 0.25) is 0 Å². The Kier molecular flexibility index (Phi) is 8.24. The molecule has 0 saturated heterocycles. The maximum atomic E-state index is 2.52. The van der Waals surface area contributed by atoms with Crippen molar-refractivity contribution < 1.29 is 0 Å². The minimum Gasteiger partial charge on any atom is -0.310 e. The van der Waals surface area contributed by atoms with Crippen molar-refractivity contribution in [2.75, 3.05) is 4.90 Å². The Labute approximate surface area is 380 Å². The van der Waals surface area contributed by atoms with Crippen molar-refractivity contribution in [1.82, 2.24) is 0 Å². The van der Waals surface area contributed by atoms with Crippen LogP contribution in [0, 0.1) is 0 Å². The predicted molar refractivity (Wildman–Crippen MR) is 274 cm³/mol. The molecular formula is C64H45N. The molecule has 0 aliphatic heterocycles. The molecule has 11 aromatic carbocycles. The summed E-state index contributed by atoms with van der Waals surface area (Å²) >= 11 is 0. The molecule has 0 unspecified atom stereocenters. The number of rotatable bonds is 5. The molecule has 0 fully saturated rings. The van der Waals surface area contributed by atoms with Gasteiger partial charge in [0.15, 0.2) is 0 Å². The first-order chi connectivity index (χ1) is 32.0. The molecule has 11 aromatic rings. The van der Waals surface area contributed by atoms with E-state index in [0.717, 1.165) is 17.1 Å². The second-order valence-corrected chi connectivity index (χ2v) is 18.4. The summed E-state index contributed by atoms with van der Waals surface area (Å²) < 4.78 is 0. The molecule has 0 aromatic heterocycles. The Balaban J connectivity index is 0.965. The van der Waals surface area contributed by atoms with E-state index >= 15 is 0 Å². The van der Waals surface area contributed by atoms with Crippen LogP contribution in [0.4, 0.5) is 17.1 Å². The number of hydrogen-bond donors (Lipinski definition) is 0. The van der Waals surface area contributed by atoms with Crippen molar-refractivity contribution in [2.45, 2.75) is 24.7 Å². The Morgan fingerprint density at radius 3 is 1.28 bits per heavy atom. The SMILES string of the molecule is CC1(C)c2ccccc2C2(c3ccccc3-c3ccccc32)c2cc(-c3cccc(N(c4ccccc4)c4cccc(-c5ccc6c7ccccc7c7ccccc7c6c5)c4)c3)ccc21. The minimum atomic E-state index is -0.444. The first-order valence-electron chi connectivity index (χ1n) is 22.8. The maximum Gasteiger partial charge on any atom is 0.0719 e. The van der Waals surface area contributed by atoms with Gasteiger partial charge in [0.25, 0.3) is 0 Å². The molecule has 1 spiro atoms. The second kappa shape index (κ2) is 14.3. The standard InChI is InChI=1S/C64H45N/c1-63(2)59-32-14-15-33-61(59)64(57-30-12-10-28-54(57)55-29-11-13-31-58(55)64)62-41-45(35-37-60(62)63)43-19-17-23-48(39-43)65(46-20-4-3-5-21-46)47-22-16-18-42(38-47)44-34-36-53-51-26-7-6-24-49(51)50-25-8-9-27-52(50)56(53)40-44/h3-41H,1-2H3. The van der Waals surface area contributed by atoms with Gasteiger partial charge < -0.3 is 4.90 Å². The van der Waals surface area contributed by atoms with E-state index in [-0.39, 0.29) is 5.41 Å². The molecule has 2 aliphatic rings. The fourth-order valence-electron chi connectivity index (χ4n) is 11.8. The Morgan fingerprint density at radius 1 is 0.262 bits per heavy atom. The van der Waals surface area contributed by atoms with Gasteiger partial charge in [-0.25, -0.2) is 0 Å². The third kappa shape index (κ3) is 5.46. The second-order valence-electron chi connectivity index (χ2n) is 18.4. The van der Waals surface area contributed by atoms with Crippen LogP contribution in [0.25, 0.3) is 65.7 Å². The average molecular weight is 828 g/mol. The normalized spacial score (nSPS) is 13.9. The molecule has 2 aliphatic carbocycles. The fourth-order valence-corrected chi connectivity index (χ4v) is 11.8. The van der Waals surface area contributed by atoms with Gasteiger partial charge in [-0.05, 0) is 148 Å². The molecule has 0 amide bonds. The molecule has 0 bridgehead atoms. The molecule has 0 radical (unpaired) electrons. The highest BCUT2D eigenvalue weighted by atomic mass is 15.1. The summed E-state index contributed by atoms with van der Waals surface area (Å²) in [6, 6.07) is 88.2. The van der Waals surface area contributed by atoms with Crippen LogP contribution in [0.3, 0.4) is 0 Å². The number of fused-ring (bicyclic) bond motifs is 15. The van der Waals surface area contributed by atoms with Gasteiger partial charge in [0.2, 0.25) is 0 Å². The molecule has 13 rings (SSSR count). The maximum absolute atomic E-state index is 2.52. The lowest BCUT2D eigenvalue weighted by molar-refractivity contribution is 0.563. The third-order valence-electron chi connectivity index (χ3n) is 14.7. The van der Waals surface area contributed by atoms with Gasteiger partial charge in [-0.15, -0.1) is 0 Å². The summed E-state index contributed by atoms with van der Waals surface area (Å²) in [6.45, 7) is 4.80. The minimum absolute atomic E-state index is 0.189. The molecule has 1 heteroatoms. The van der Waals surface area contributed by atoms with Gasteiger partial charge in [-0.2, -0.15) is 0 Å². The number of anilines is 3. The number of para-hydroxylation sites is 1. The van der Waals surface area contributed by atoms with Crippen LogP contribution in [0.15, 0.2) is 237 Å². The van der Waals surface area contributed by atoms with Crippen molar-refractivity contribution in [3.63, 3.8) is 0 Å². The van der Waals surface area contributed by atoms with E-state index in [1.807, 2.05) is 0 Å². The number of nitrogens with zero attached hydrogens (tertiary/aromatic N) is 1. The quantitative estimate of drug-likeness (QED) is 0.156. The van der Waals surface area contributed by atoms with Gasteiger partial charge in [0, 0.05) is 22.5 Å². The van der Waals surface area contributed by atoms with Crippen LogP contribution in [-0.4, -0.2) is 0 Å². The third-order valence-corrected chi connectivity index (χ3v) is 14.7. The fraction of sp³-hybridized carbons (Fsp3) is 0.0625. The van der Waals surface area contributed by atoms with Crippen molar-refractivity contribution in [3.05, 3.63) is 270 Å². The Morgan fingerprint density at radius 2 is 0.677 bits per heavy atom. The van der Waals surface area contributed by atoms with Crippen LogP contribution in [-0.2, 0) is 10.8 Å². The number of benzene rings is 11. The van der Waals surface area contributed by atoms with Gasteiger partial charge >= 0.3 is 0 Å². The molecular weight excluding hydrogens is 783 g/mol. The predicted octanol–water partition coefficient (Wildman–Crippen LogP) is 17.0. The Hall–Kier alpha value is -8.00. The first-order valence-corrected chi connectivity index (χ1v) is 22.8. The van der Waals surface area contributed by atoms with E-state index in [1.54, 1.807) is 0 Å². The summed E-state index contributed by atoms with van der Waals surface area (Å²) in [5.74, 6) is 0. The van der Waals surface area contributed by atoms with Gasteiger partial charge in [0.05, 0.1) is 5.41 Å². The van der Waals surface area contributed by atoms with E-state index in [4.69, 9.17) is 0 Å². The highest BCUT2D eigenvalue weighted by Gasteiger charge is 2.53. The zero-order valence-electron chi connectivity index (χ0n) is 36.5. The molecule has 0 N–H and O–H groups in total. The lowest BCUT2D eigenvalue weighted by atomic mass is 9.55. The molecule has 0 heterocycles. The van der Waals surface area contributed by atoms with E-state index in [0.29, 0.717) is 0 Å². The molecule has 306 valence electrons. The highest BCUT2D eigenvalue weighted by Crippen LogP contribution is 2.62. The van der Waals surface area contributed by atoms with Crippen LogP contribution >= 0.6 is 0 Å². The van der Waals surface area contributed by atoms with Crippen LogP contribution in [0.1, 0.15) is 47.2 Å². The topological polar surface area (TPSA) is 3.24 Å². The highest BCUT2D eigenvalue weighted by molar-refractivity contribution is 6.25. The van der Waals surface area contributed by atoms with Crippen molar-refractivity contribution in [2.24, 2.45) is 0 Å². The van der Waals surface area contributed by atoms with Gasteiger partial charge in [0.1, 0.15) is 0 Å². The number of hydrogen-bond acceptors (Lipinski definition) is 1. The van der Waals surface area contributed by atoms with Crippen LogP contribution in [0.5, 0.6) is 0 Å². The zero-order chi connectivity index (χ0) is 43.3. The lowest BCUT2D eigenvalue weighted by Gasteiger charge is -2.47. The summed E-state index contributed by atoms with van der Waals surface area (Å²) in [5.41, 5.74) is 18.3. The van der Waals surface area contributed by atoms with Gasteiger partial charge in [-0.1, -0.05) is 202 Å². The largest absolute Gasteiger partial charge is 0.310 e. The van der Waals surface area contributed by atoms with Crippen molar-refractivity contribution in [3.8, 4) is 33.4 Å². The van der Waals surface area contributed by atoms with E-state index in [1.165, 1.54) is 99.1 Å². The average Bonchev–Trinajstić information content (AvgIpc) is 3.67. The van der Waals surface area contributed by atoms with Crippen molar-refractivity contribution >= 4 is 49.4 Å². The van der Waals surface area contributed by atoms with Crippen molar-refractivity contribution in [1.29, 1.82) is 0 Å². The van der Waals surface area contributed by atoms with Crippen LogP contribution < -0.4 is 4.90 Å². The zero-order valence-corrected chi connectivity index (χ0v) is 36.5. The molecule has 65 heavy (non-hydrogen) atoms. The van der Waals surface area contributed by atoms with E-state index in [9.17, 15) is 0 Å². The summed E-state index contributed by atoms with van der Waals surface area (Å²) in [7, 11) is 0. The molecule has 1 nitrogen and oxygen atoms in total. The molecule has 0 atom stereocenters. The van der Waals surface area contributed by atoms with E-state index < -0.39 is 5.41 Å².